The maximum absolute atomic E-state index is 13.0. The van der Waals surface area contributed by atoms with E-state index >= 15 is 0 Å². The number of carbonyl (C=O) groups excluding carboxylic acids is 1. The van der Waals surface area contributed by atoms with Crippen LogP contribution in [0.15, 0.2) is 24.3 Å². The summed E-state index contributed by atoms with van der Waals surface area (Å²) >= 11 is 0. The quantitative estimate of drug-likeness (QED) is 0.827. The minimum atomic E-state index is -0.540. The lowest BCUT2D eigenvalue weighted by Crippen LogP contribution is -2.54. The minimum absolute atomic E-state index is 0.0686. The number of nitrogens with zero attached hydrogens (tertiary/aromatic N) is 2. The number of carbonyl (C=O) groups is 1. The van der Waals surface area contributed by atoms with E-state index in [1.165, 1.54) is 32.4 Å². The molecule has 5 heteroatoms. The monoisotopic (exact) mass is 344 g/mol. The van der Waals surface area contributed by atoms with Crippen LogP contribution in [0.1, 0.15) is 39.0 Å². The standard InChI is InChI=1S/C20H28N2O3/c1-15-19(25-18-8-4-3-7-17(18)24-15)20(23)22-13-9-16(10-14-22)21-11-5-2-6-12-21/h3-4,7-8,15-16,19H,2,5-6,9-14H2,1H3/t15-,19-/m1/s1. The molecule has 0 aromatic heterocycles. The highest BCUT2D eigenvalue weighted by Crippen LogP contribution is 2.34. The van der Waals surface area contributed by atoms with Crippen LogP contribution in [-0.4, -0.2) is 60.1 Å². The first-order chi connectivity index (χ1) is 12.2. The number of rotatable bonds is 2. The Bertz CT molecular complexity index is 607. The number of ether oxygens (including phenoxy) is 2. The number of amides is 1. The highest BCUT2D eigenvalue weighted by molar-refractivity contribution is 5.82. The molecule has 0 spiro atoms. The first-order valence-electron chi connectivity index (χ1n) is 9.67. The average molecular weight is 344 g/mol. The van der Waals surface area contributed by atoms with Crippen LogP contribution in [0.25, 0.3) is 0 Å². The SMILES string of the molecule is C[C@H]1Oc2ccccc2O[C@H]1C(=O)N1CCC(N2CCCCC2)CC1. The molecule has 3 aliphatic rings. The lowest BCUT2D eigenvalue weighted by molar-refractivity contribution is -0.146. The molecule has 136 valence electrons. The Balaban J connectivity index is 1.36. The Morgan fingerprint density at radius 3 is 2.28 bits per heavy atom. The number of piperidine rings is 2. The van der Waals surface area contributed by atoms with Crippen molar-refractivity contribution in [2.75, 3.05) is 26.2 Å². The molecule has 1 aromatic carbocycles. The summed E-state index contributed by atoms with van der Waals surface area (Å²) in [5, 5.41) is 0. The molecule has 0 unspecified atom stereocenters. The molecular weight excluding hydrogens is 316 g/mol. The number of fused-ring (bicyclic) bond motifs is 1. The highest BCUT2D eigenvalue weighted by Gasteiger charge is 2.38. The largest absolute Gasteiger partial charge is 0.482 e. The van der Waals surface area contributed by atoms with Crippen molar-refractivity contribution in [2.24, 2.45) is 0 Å². The molecule has 0 aliphatic carbocycles. The third kappa shape index (κ3) is 3.47. The fourth-order valence-corrected chi connectivity index (χ4v) is 4.31. The Kier molecular flexibility index (Phi) is 4.84. The molecule has 2 saturated heterocycles. The number of hydrogen-bond acceptors (Lipinski definition) is 4. The number of hydrogen-bond donors (Lipinski definition) is 0. The summed E-state index contributed by atoms with van der Waals surface area (Å²) in [6.45, 7) is 6.03. The van der Waals surface area contributed by atoms with E-state index in [0.29, 0.717) is 11.8 Å². The van der Waals surface area contributed by atoms with Crippen LogP contribution >= 0.6 is 0 Å². The van der Waals surface area contributed by atoms with Gasteiger partial charge in [-0.05, 0) is 57.8 Å². The van der Waals surface area contributed by atoms with Crippen LogP contribution < -0.4 is 9.47 Å². The second-order valence-corrected chi connectivity index (χ2v) is 7.46. The predicted octanol–water partition coefficient (Wildman–Crippen LogP) is 2.69. The van der Waals surface area contributed by atoms with Gasteiger partial charge < -0.3 is 19.3 Å². The van der Waals surface area contributed by atoms with Crippen molar-refractivity contribution in [1.82, 2.24) is 9.80 Å². The minimum Gasteiger partial charge on any atom is -0.482 e. The first-order valence-corrected chi connectivity index (χ1v) is 9.67. The molecule has 2 fully saturated rings. The van der Waals surface area contributed by atoms with Gasteiger partial charge in [0.1, 0.15) is 6.10 Å². The van der Waals surface area contributed by atoms with Gasteiger partial charge in [0.25, 0.3) is 5.91 Å². The molecule has 0 bridgehead atoms. The normalized spacial score (nSPS) is 28.0. The van der Waals surface area contributed by atoms with Gasteiger partial charge in [0.05, 0.1) is 0 Å². The molecule has 4 rings (SSSR count). The number of para-hydroxylation sites is 2. The molecule has 1 amide bonds. The predicted molar refractivity (Wildman–Crippen MR) is 96.0 cm³/mol. The van der Waals surface area contributed by atoms with Gasteiger partial charge in [0.2, 0.25) is 6.10 Å². The van der Waals surface area contributed by atoms with Gasteiger partial charge in [0, 0.05) is 19.1 Å². The van der Waals surface area contributed by atoms with Crippen molar-refractivity contribution in [3.63, 3.8) is 0 Å². The third-order valence-corrected chi connectivity index (χ3v) is 5.77. The zero-order valence-electron chi connectivity index (χ0n) is 15.0. The van der Waals surface area contributed by atoms with Gasteiger partial charge in [0.15, 0.2) is 11.5 Å². The van der Waals surface area contributed by atoms with Crippen molar-refractivity contribution >= 4 is 5.91 Å². The molecule has 2 atom stereocenters. The molecular formula is C20H28N2O3. The fourth-order valence-electron chi connectivity index (χ4n) is 4.31. The first kappa shape index (κ1) is 16.7. The lowest BCUT2D eigenvalue weighted by Gasteiger charge is -2.41. The molecule has 1 aromatic rings. The van der Waals surface area contributed by atoms with Crippen LogP contribution in [0, 0.1) is 0 Å². The maximum atomic E-state index is 13.0. The van der Waals surface area contributed by atoms with Gasteiger partial charge in [-0.15, -0.1) is 0 Å². The average Bonchev–Trinajstić information content (AvgIpc) is 2.68. The van der Waals surface area contributed by atoms with Gasteiger partial charge in [-0.3, -0.25) is 4.79 Å². The molecule has 3 aliphatic heterocycles. The topological polar surface area (TPSA) is 42.0 Å². The van der Waals surface area contributed by atoms with Crippen molar-refractivity contribution in [3.8, 4) is 11.5 Å². The zero-order valence-corrected chi connectivity index (χ0v) is 15.0. The van der Waals surface area contributed by atoms with Crippen molar-refractivity contribution in [3.05, 3.63) is 24.3 Å². The molecule has 0 radical (unpaired) electrons. The van der Waals surface area contributed by atoms with E-state index in [1.807, 2.05) is 36.1 Å². The fraction of sp³-hybridized carbons (Fsp3) is 0.650. The van der Waals surface area contributed by atoms with E-state index in [9.17, 15) is 4.79 Å². The van der Waals surface area contributed by atoms with Crippen LogP contribution in [0.2, 0.25) is 0 Å². The number of likely N-dealkylation sites (tertiary alicyclic amines) is 2. The van der Waals surface area contributed by atoms with Crippen molar-refractivity contribution in [2.45, 2.75) is 57.3 Å². The lowest BCUT2D eigenvalue weighted by atomic mass is 9.99. The second-order valence-electron chi connectivity index (χ2n) is 7.46. The summed E-state index contributed by atoms with van der Waals surface area (Å²) in [5.41, 5.74) is 0. The smallest absolute Gasteiger partial charge is 0.267 e. The summed E-state index contributed by atoms with van der Waals surface area (Å²) in [6.07, 6.45) is 5.36. The van der Waals surface area contributed by atoms with Gasteiger partial charge in [-0.1, -0.05) is 18.6 Å². The van der Waals surface area contributed by atoms with Gasteiger partial charge >= 0.3 is 0 Å². The Hall–Kier alpha value is -1.75. The van der Waals surface area contributed by atoms with Crippen molar-refractivity contribution in [1.29, 1.82) is 0 Å². The van der Waals surface area contributed by atoms with Gasteiger partial charge in [-0.2, -0.15) is 0 Å². The van der Waals surface area contributed by atoms with E-state index in [1.54, 1.807) is 0 Å². The summed E-state index contributed by atoms with van der Waals surface area (Å²) in [5.74, 6) is 1.46. The van der Waals surface area contributed by atoms with E-state index in [4.69, 9.17) is 9.47 Å². The highest BCUT2D eigenvalue weighted by atomic mass is 16.6. The molecule has 25 heavy (non-hydrogen) atoms. The molecule has 3 heterocycles. The molecule has 5 nitrogen and oxygen atoms in total. The maximum Gasteiger partial charge on any atom is 0.267 e. The van der Waals surface area contributed by atoms with E-state index in [0.717, 1.165) is 31.7 Å². The van der Waals surface area contributed by atoms with E-state index in [-0.39, 0.29) is 12.0 Å². The van der Waals surface area contributed by atoms with E-state index < -0.39 is 6.10 Å². The van der Waals surface area contributed by atoms with Crippen LogP contribution in [-0.2, 0) is 4.79 Å². The summed E-state index contributed by atoms with van der Waals surface area (Å²) in [6, 6.07) is 8.22. The molecule has 0 N–H and O–H groups in total. The van der Waals surface area contributed by atoms with Crippen LogP contribution in [0.4, 0.5) is 0 Å². The summed E-state index contributed by atoms with van der Waals surface area (Å²) in [7, 11) is 0. The summed E-state index contributed by atoms with van der Waals surface area (Å²) in [4.78, 5) is 17.6. The summed E-state index contributed by atoms with van der Waals surface area (Å²) < 4.78 is 11.9. The third-order valence-electron chi connectivity index (χ3n) is 5.77. The van der Waals surface area contributed by atoms with Gasteiger partial charge in [-0.25, -0.2) is 0 Å². The Morgan fingerprint density at radius 2 is 1.60 bits per heavy atom. The Morgan fingerprint density at radius 1 is 0.960 bits per heavy atom. The number of benzene rings is 1. The van der Waals surface area contributed by atoms with Crippen molar-refractivity contribution < 1.29 is 14.3 Å². The van der Waals surface area contributed by atoms with Crippen LogP contribution in [0.5, 0.6) is 11.5 Å². The van der Waals surface area contributed by atoms with E-state index in [2.05, 4.69) is 4.90 Å². The zero-order chi connectivity index (χ0) is 17.2. The molecule has 0 saturated carbocycles. The second kappa shape index (κ2) is 7.24. The Labute approximate surface area is 149 Å². The van der Waals surface area contributed by atoms with Crippen LogP contribution in [0.3, 0.4) is 0 Å².